The van der Waals surface area contributed by atoms with Crippen LogP contribution in [-0.4, -0.2) is 10.2 Å². The number of halogens is 1. The summed E-state index contributed by atoms with van der Waals surface area (Å²) < 4.78 is 0. The van der Waals surface area contributed by atoms with Gasteiger partial charge in [0.1, 0.15) is 0 Å². The summed E-state index contributed by atoms with van der Waals surface area (Å²) in [7, 11) is 0. The minimum atomic E-state index is 0.424. The number of benzene rings is 1. The van der Waals surface area contributed by atoms with E-state index in [-0.39, 0.29) is 0 Å². The van der Waals surface area contributed by atoms with Gasteiger partial charge >= 0.3 is 0 Å². The van der Waals surface area contributed by atoms with Crippen LogP contribution in [0, 0.1) is 0 Å². The van der Waals surface area contributed by atoms with E-state index in [1.54, 1.807) is 18.2 Å². The molecule has 4 N–H and O–H groups in total. The van der Waals surface area contributed by atoms with Crippen molar-refractivity contribution in [2.75, 3.05) is 11.5 Å². The van der Waals surface area contributed by atoms with Gasteiger partial charge in [-0.05, 0) is 18.2 Å². The van der Waals surface area contributed by atoms with E-state index in [0.29, 0.717) is 20.8 Å². The average molecular weight is 227 g/mol. The van der Waals surface area contributed by atoms with Gasteiger partial charge in [-0.2, -0.15) is 0 Å². The second-order valence-corrected chi connectivity index (χ2v) is 4.10. The molecule has 6 heteroatoms. The Balaban J connectivity index is 2.52. The molecule has 2 aromatic rings. The highest BCUT2D eigenvalue weighted by molar-refractivity contribution is 7.18. The Morgan fingerprint density at radius 2 is 2.00 bits per heavy atom. The van der Waals surface area contributed by atoms with Crippen molar-refractivity contribution in [1.82, 2.24) is 10.2 Å². The predicted molar refractivity (Wildman–Crippen MR) is 59.2 cm³/mol. The number of rotatable bonds is 1. The lowest BCUT2D eigenvalue weighted by molar-refractivity contribution is 1.10. The second-order valence-electron chi connectivity index (χ2n) is 2.68. The van der Waals surface area contributed by atoms with Crippen LogP contribution in [0.2, 0.25) is 5.02 Å². The van der Waals surface area contributed by atoms with Gasteiger partial charge in [-0.3, -0.25) is 0 Å². The molecule has 0 spiro atoms. The van der Waals surface area contributed by atoms with E-state index < -0.39 is 0 Å². The van der Waals surface area contributed by atoms with Crippen molar-refractivity contribution < 1.29 is 0 Å². The fourth-order valence-electron chi connectivity index (χ4n) is 1.05. The first-order chi connectivity index (χ1) is 6.66. The lowest BCUT2D eigenvalue weighted by Gasteiger charge is -1.99. The monoisotopic (exact) mass is 226 g/mol. The molecule has 2 rings (SSSR count). The van der Waals surface area contributed by atoms with Crippen LogP contribution in [0.1, 0.15) is 0 Å². The highest BCUT2D eigenvalue weighted by Gasteiger charge is 2.08. The molecular weight excluding hydrogens is 220 g/mol. The second kappa shape index (κ2) is 3.43. The number of hydrogen-bond donors (Lipinski definition) is 2. The molecule has 14 heavy (non-hydrogen) atoms. The summed E-state index contributed by atoms with van der Waals surface area (Å²) in [5.41, 5.74) is 12.5. The Hall–Kier alpha value is -1.33. The molecular formula is C8H7ClN4S. The van der Waals surface area contributed by atoms with Gasteiger partial charge < -0.3 is 11.5 Å². The highest BCUT2D eigenvalue weighted by atomic mass is 35.5. The maximum Gasteiger partial charge on any atom is 0.203 e. The molecule has 0 saturated heterocycles. The van der Waals surface area contributed by atoms with Gasteiger partial charge in [-0.25, -0.2) is 0 Å². The standard InChI is InChI=1S/C8H7ClN4S/c9-6-3-4(10)1-2-5(6)7-12-13-8(11)14-7/h1-3H,10H2,(H2,11,13). The topological polar surface area (TPSA) is 77.8 Å². The van der Waals surface area contributed by atoms with Crippen molar-refractivity contribution in [3.05, 3.63) is 23.2 Å². The van der Waals surface area contributed by atoms with Crippen LogP contribution >= 0.6 is 22.9 Å². The molecule has 1 heterocycles. The van der Waals surface area contributed by atoms with Crippen LogP contribution in [-0.2, 0) is 0 Å². The van der Waals surface area contributed by atoms with Crippen LogP contribution in [0.15, 0.2) is 18.2 Å². The molecule has 0 aliphatic carbocycles. The Kier molecular flexibility index (Phi) is 2.26. The van der Waals surface area contributed by atoms with Crippen molar-refractivity contribution in [2.45, 2.75) is 0 Å². The third kappa shape index (κ3) is 1.64. The fourth-order valence-corrected chi connectivity index (χ4v) is 2.03. The normalized spacial score (nSPS) is 10.4. The number of nitrogens with two attached hydrogens (primary N) is 2. The van der Waals surface area contributed by atoms with Crippen molar-refractivity contribution in [1.29, 1.82) is 0 Å². The Labute approximate surface area is 89.5 Å². The van der Waals surface area contributed by atoms with E-state index >= 15 is 0 Å². The van der Waals surface area contributed by atoms with Crippen LogP contribution in [0.5, 0.6) is 0 Å². The summed E-state index contributed by atoms with van der Waals surface area (Å²) >= 11 is 7.28. The van der Waals surface area contributed by atoms with Gasteiger partial charge in [-0.15, -0.1) is 10.2 Å². The summed E-state index contributed by atoms with van der Waals surface area (Å²) in [6.45, 7) is 0. The maximum atomic E-state index is 5.99. The lowest BCUT2D eigenvalue weighted by Crippen LogP contribution is -1.85. The molecule has 4 nitrogen and oxygen atoms in total. The summed E-state index contributed by atoms with van der Waals surface area (Å²) in [5.74, 6) is 0. The molecule has 0 aliphatic rings. The van der Waals surface area contributed by atoms with Gasteiger partial charge in [0.2, 0.25) is 5.13 Å². The van der Waals surface area contributed by atoms with Gasteiger partial charge in [0, 0.05) is 11.3 Å². The van der Waals surface area contributed by atoms with Crippen molar-refractivity contribution in [3.8, 4) is 10.6 Å². The molecule has 1 aromatic heterocycles. The minimum Gasteiger partial charge on any atom is -0.399 e. The van der Waals surface area contributed by atoms with E-state index in [4.69, 9.17) is 23.1 Å². The van der Waals surface area contributed by atoms with E-state index in [1.807, 2.05) is 0 Å². The van der Waals surface area contributed by atoms with Gasteiger partial charge in [-0.1, -0.05) is 22.9 Å². The van der Waals surface area contributed by atoms with E-state index in [9.17, 15) is 0 Å². The summed E-state index contributed by atoms with van der Waals surface area (Å²) in [6, 6.07) is 5.24. The molecule has 0 saturated carbocycles. The number of aromatic nitrogens is 2. The Bertz CT molecular complexity index is 468. The zero-order valence-electron chi connectivity index (χ0n) is 7.07. The molecule has 0 unspecified atom stereocenters. The SMILES string of the molecule is Nc1ccc(-c2nnc(N)s2)c(Cl)c1. The van der Waals surface area contributed by atoms with E-state index in [2.05, 4.69) is 10.2 Å². The molecule has 0 atom stereocenters. The Morgan fingerprint density at radius 3 is 2.57 bits per heavy atom. The van der Waals surface area contributed by atoms with E-state index in [0.717, 1.165) is 5.56 Å². The first kappa shape index (κ1) is 9.23. The highest BCUT2D eigenvalue weighted by Crippen LogP contribution is 2.31. The zero-order valence-corrected chi connectivity index (χ0v) is 8.64. The molecule has 0 radical (unpaired) electrons. The summed E-state index contributed by atoms with van der Waals surface area (Å²) in [5, 5.41) is 9.29. The van der Waals surface area contributed by atoms with Crippen molar-refractivity contribution in [2.24, 2.45) is 0 Å². The van der Waals surface area contributed by atoms with E-state index in [1.165, 1.54) is 11.3 Å². The van der Waals surface area contributed by atoms with Crippen LogP contribution in [0.25, 0.3) is 10.6 Å². The van der Waals surface area contributed by atoms with Crippen molar-refractivity contribution >= 4 is 33.8 Å². The summed E-state index contributed by atoms with van der Waals surface area (Å²) in [4.78, 5) is 0. The summed E-state index contributed by atoms with van der Waals surface area (Å²) in [6.07, 6.45) is 0. The molecule has 0 amide bonds. The van der Waals surface area contributed by atoms with Gasteiger partial charge in [0.25, 0.3) is 0 Å². The first-order valence-corrected chi connectivity index (χ1v) is 5.00. The average Bonchev–Trinajstić information content (AvgIpc) is 2.51. The molecule has 72 valence electrons. The predicted octanol–water partition coefficient (Wildman–Crippen LogP) is 2.02. The smallest absolute Gasteiger partial charge is 0.203 e. The number of nitrogens with zero attached hydrogens (tertiary/aromatic N) is 2. The van der Waals surface area contributed by atoms with Crippen molar-refractivity contribution in [3.63, 3.8) is 0 Å². The fraction of sp³-hybridized carbons (Fsp3) is 0. The lowest BCUT2D eigenvalue weighted by atomic mass is 10.2. The third-order valence-electron chi connectivity index (χ3n) is 1.66. The van der Waals surface area contributed by atoms with Crippen LogP contribution < -0.4 is 11.5 Å². The van der Waals surface area contributed by atoms with Crippen LogP contribution in [0.4, 0.5) is 10.8 Å². The quantitative estimate of drug-likeness (QED) is 0.730. The minimum absolute atomic E-state index is 0.424. The van der Waals surface area contributed by atoms with Crippen LogP contribution in [0.3, 0.4) is 0 Å². The van der Waals surface area contributed by atoms with Gasteiger partial charge in [0.05, 0.1) is 5.02 Å². The largest absolute Gasteiger partial charge is 0.399 e. The van der Waals surface area contributed by atoms with Gasteiger partial charge in [0.15, 0.2) is 5.01 Å². The Morgan fingerprint density at radius 1 is 1.21 bits per heavy atom. The number of hydrogen-bond acceptors (Lipinski definition) is 5. The molecule has 0 bridgehead atoms. The molecule has 0 fully saturated rings. The number of nitrogen functional groups attached to an aromatic ring is 2. The molecule has 0 aliphatic heterocycles. The zero-order chi connectivity index (χ0) is 10.1. The maximum absolute atomic E-state index is 5.99. The molecule has 1 aromatic carbocycles. The first-order valence-electron chi connectivity index (χ1n) is 3.81. The number of anilines is 2. The third-order valence-corrected chi connectivity index (χ3v) is 2.76.